The van der Waals surface area contributed by atoms with Crippen molar-refractivity contribution >= 4 is 17.2 Å². The Morgan fingerprint density at radius 2 is 1.94 bits per heavy atom. The summed E-state index contributed by atoms with van der Waals surface area (Å²) in [7, 11) is 0. The molecule has 1 aromatic carbocycles. The van der Waals surface area contributed by atoms with Crippen LogP contribution in [0.15, 0.2) is 48.8 Å². The summed E-state index contributed by atoms with van der Waals surface area (Å²) >= 11 is 6.08. The van der Waals surface area contributed by atoms with Gasteiger partial charge < -0.3 is 0 Å². The fourth-order valence-corrected chi connectivity index (χ4v) is 2.12. The maximum Gasteiger partial charge on any atom is 0.156 e. The highest BCUT2D eigenvalue weighted by Crippen LogP contribution is 2.24. The minimum absolute atomic E-state index is 0.623. The van der Waals surface area contributed by atoms with Gasteiger partial charge in [-0.2, -0.15) is 5.26 Å². The third-order valence-corrected chi connectivity index (χ3v) is 3.09. The Morgan fingerprint density at radius 1 is 1.17 bits per heavy atom. The van der Waals surface area contributed by atoms with Crippen molar-refractivity contribution in [2.45, 2.75) is 0 Å². The van der Waals surface area contributed by atoms with Gasteiger partial charge in [0, 0.05) is 11.8 Å². The van der Waals surface area contributed by atoms with Crippen LogP contribution in [0.5, 0.6) is 0 Å². The van der Waals surface area contributed by atoms with Gasteiger partial charge in [-0.25, -0.2) is 4.98 Å². The summed E-state index contributed by atoms with van der Waals surface area (Å²) in [5, 5.41) is 9.40. The van der Waals surface area contributed by atoms with Gasteiger partial charge in [0.05, 0.1) is 28.5 Å². The van der Waals surface area contributed by atoms with Gasteiger partial charge in [-0.3, -0.25) is 4.40 Å². The van der Waals surface area contributed by atoms with Gasteiger partial charge in [-0.05, 0) is 24.3 Å². The average molecular weight is 254 g/mol. The van der Waals surface area contributed by atoms with Crippen LogP contribution in [0.1, 0.15) is 5.56 Å². The summed E-state index contributed by atoms with van der Waals surface area (Å²) in [5.41, 5.74) is 3.34. The SMILES string of the molecule is N#Cc1ccc(-c2cnc3c(Cl)cccn23)cc1. The molecule has 3 rings (SSSR count). The zero-order valence-corrected chi connectivity index (χ0v) is 10.1. The smallest absolute Gasteiger partial charge is 0.156 e. The number of hydrogen-bond acceptors (Lipinski definition) is 2. The fourth-order valence-electron chi connectivity index (χ4n) is 1.91. The summed E-state index contributed by atoms with van der Waals surface area (Å²) in [6.45, 7) is 0. The molecule has 3 nitrogen and oxygen atoms in total. The number of benzene rings is 1. The Kier molecular flexibility index (Phi) is 2.51. The Balaban J connectivity index is 2.20. The van der Waals surface area contributed by atoms with E-state index in [1.807, 2.05) is 34.9 Å². The highest BCUT2D eigenvalue weighted by Gasteiger charge is 2.07. The van der Waals surface area contributed by atoms with Crippen molar-refractivity contribution in [1.82, 2.24) is 9.38 Å². The van der Waals surface area contributed by atoms with Gasteiger partial charge in [0.15, 0.2) is 5.65 Å². The number of hydrogen-bond donors (Lipinski definition) is 0. The van der Waals surface area contributed by atoms with Gasteiger partial charge >= 0.3 is 0 Å². The zero-order chi connectivity index (χ0) is 12.5. The molecular weight excluding hydrogens is 246 g/mol. The number of pyridine rings is 1. The fraction of sp³-hybridized carbons (Fsp3) is 0. The van der Waals surface area contributed by atoms with E-state index in [9.17, 15) is 0 Å². The first kappa shape index (κ1) is 10.8. The van der Waals surface area contributed by atoms with Crippen LogP contribution in [0, 0.1) is 11.3 Å². The van der Waals surface area contributed by atoms with Crippen LogP contribution in [0.4, 0.5) is 0 Å². The summed E-state index contributed by atoms with van der Waals surface area (Å²) < 4.78 is 1.93. The van der Waals surface area contributed by atoms with Gasteiger partial charge in [-0.1, -0.05) is 23.7 Å². The second-order valence-electron chi connectivity index (χ2n) is 3.88. The van der Waals surface area contributed by atoms with E-state index in [0.29, 0.717) is 10.6 Å². The molecule has 0 saturated carbocycles. The lowest BCUT2D eigenvalue weighted by atomic mass is 10.1. The van der Waals surface area contributed by atoms with Crippen molar-refractivity contribution in [3.8, 4) is 17.3 Å². The predicted molar refractivity (Wildman–Crippen MR) is 70.4 cm³/mol. The summed E-state index contributed by atoms with van der Waals surface area (Å²) in [6.07, 6.45) is 3.70. The van der Waals surface area contributed by atoms with E-state index in [4.69, 9.17) is 16.9 Å². The van der Waals surface area contributed by atoms with E-state index >= 15 is 0 Å². The number of nitrogens with zero attached hydrogens (tertiary/aromatic N) is 3. The van der Waals surface area contributed by atoms with Crippen LogP contribution in [0.25, 0.3) is 16.9 Å². The third-order valence-electron chi connectivity index (χ3n) is 2.80. The highest BCUT2D eigenvalue weighted by atomic mass is 35.5. The number of halogens is 1. The second-order valence-corrected chi connectivity index (χ2v) is 4.29. The molecule has 0 amide bonds. The average Bonchev–Trinajstić information content (AvgIpc) is 2.84. The Hall–Kier alpha value is -2.31. The van der Waals surface area contributed by atoms with Crippen molar-refractivity contribution in [2.75, 3.05) is 0 Å². The van der Waals surface area contributed by atoms with Crippen molar-refractivity contribution in [3.05, 3.63) is 59.4 Å². The van der Waals surface area contributed by atoms with E-state index in [2.05, 4.69) is 11.1 Å². The van der Waals surface area contributed by atoms with Crippen LogP contribution in [0.3, 0.4) is 0 Å². The molecule has 0 bridgehead atoms. The van der Waals surface area contributed by atoms with Crippen molar-refractivity contribution in [3.63, 3.8) is 0 Å². The van der Waals surface area contributed by atoms with Gasteiger partial charge in [0.1, 0.15) is 0 Å². The van der Waals surface area contributed by atoms with E-state index in [1.165, 1.54) is 0 Å². The molecule has 0 spiro atoms. The van der Waals surface area contributed by atoms with Gasteiger partial charge in [-0.15, -0.1) is 0 Å². The number of fused-ring (bicyclic) bond motifs is 1. The molecule has 86 valence electrons. The first-order chi connectivity index (χ1) is 8.79. The lowest BCUT2D eigenvalue weighted by Crippen LogP contribution is -1.88. The minimum Gasteiger partial charge on any atom is -0.298 e. The lowest BCUT2D eigenvalue weighted by molar-refractivity contribution is 1.19. The first-order valence-electron chi connectivity index (χ1n) is 5.42. The van der Waals surface area contributed by atoms with E-state index < -0.39 is 0 Å². The molecule has 3 aromatic rings. The van der Waals surface area contributed by atoms with E-state index in [0.717, 1.165) is 16.9 Å². The second kappa shape index (κ2) is 4.17. The van der Waals surface area contributed by atoms with Crippen molar-refractivity contribution < 1.29 is 0 Å². The van der Waals surface area contributed by atoms with Crippen molar-refractivity contribution in [2.24, 2.45) is 0 Å². The standard InChI is InChI=1S/C14H8ClN3/c15-12-2-1-7-18-13(9-17-14(12)18)11-5-3-10(8-16)4-6-11/h1-7,9H. The summed E-state index contributed by atoms with van der Waals surface area (Å²) in [4.78, 5) is 4.30. The molecule has 2 aromatic heterocycles. The minimum atomic E-state index is 0.623. The van der Waals surface area contributed by atoms with Crippen LogP contribution in [-0.4, -0.2) is 9.38 Å². The molecule has 0 fully saturated rings. The van der Waals surface area contributed by atoms with Gasteiger partial charge in [0.25, 0.3) is 0 Å². The molecule has 0 N–H and O–H groups in total. The third kappa shape index (κ3) is 1.64. The van der Waals surface area contributed by atoms with E-state index in [1.54, 1.807) is 18.3 Å². The van der Waals surface area contributed by atoms with Gasteiger partial charge in [0.2, 0.25) is 0 Å². The molecule has 0 aliphatic carbocycles. The highest BCUT2D eigenvalue weighted by molar-refractivity contribution is 6.33. The molecule has 2 heterocycles. The maximum atomic E-state index is 8.78. The number of imidazole rings is 1. The largest absolute Gasteiger partial charge is 0.298 e. The molecule has 18 heavy (non-hydrogen) atoms. The zero-order valence-electron chi connectivity index (χ0n) is 9.34. The molecule has 0 aliphatic rings. The molecule has 0 aliphatic heterocycles. The predicted octanol–water partition coefficient (Wildman–Crippen LogP) is 3.53. The Bertz CT molecular complexity index is 751. The molecular formula is C14H8ClN3. The quantitative estimate of drug-likeness (QED) is 0.666. The molecule has 0 saturated heterocycles. The van der Waals surface area contributed by atoms with Crippen LogP contribution in [0.2, 0.25) is 5.02 Å². The molecule has 0 atom stereocenters. The number of rotatable bonds is 1. The Morgan fingerprint density at radius 3 is 2.67 bits per heavy atom. The summed E-state index contributed by atoms with van der Waals surface area (Å²) in [6, 6.07) is 13.2. The molecule has 0 unspecified atom stereocenters. The monoisotopic (exact) mass is 253 g/mol. The van der Waals surface area contributed by atoms with Crippen molar-refractivity contribution in [1.29, 1.82) is 5.26 Å². The Labute approximate surface area is 109 Å². The first-order valence-corrected chi connectivity index (χ1v) is 5.79. The number of nitriles is 1. The molecule has 0 radical (unpaired) electrons. The van der Waals surface area contributed by atoms with Crippen LogP contribution < -0.4 is 0 Å². The summed E-state index contributed by atoms with van der Waals surface area (Å²) in [5.74, 6) is 0. The normalized spacial score (nSPS) is 10.4. The topological polar surface area (TPSA) is 41.1 Å². The number of aromatic nitrogens is 2. The lowest BCUT2D eigenvalue weighted by Gasteiger charge is -2.02. The van der Waals surface area contributed by atoms with E-state index in [-0.39, 0.29) is 0 Å². The van der Waals surface area contributed by atoms with Crippen LogP contribution >= 0.6 is 11.6 Å². The maximum absolute atomic E-state index is 8.78. The van der Waals surface area contributed by atoms with Crippen LogP contribution in [-0.2, 0) is 0 Å². The molecule has 4 heteroatoms.